The summed E-state index contributed by atoms with van der Waals surface area (Å²) in [6.45, 7) is 0. The summed E-state index contributed by atoms with van der Waals surface area (Å²) in [6.07, 6.45) is 3.09. The second-order valence-corrected chi connectivity index (χ2v) is 4.27. The summed E-state index contributed by atoms with van der Waals surface area (Å²) in [5.74, 6) is 0. The van der Waals surface area contributed by atoms with Gasteiger partial charge in [-0.15, -0.1) is 0 Å². The molecular weight excluding hydrogens is 252 g/mol. The second-order valence-electron chi connectivity index (χ2n) is 4.27. The average molecular weight is 262 g/mol. The fourth-order valence-electron chi connectivity index (χ4n) is 2.19. The van der Waals surface area contributed by atoms with Crippen molar-refractivity contribution in [3.05, 3.63) is 71.1 Å². The highest BCUT2D eigenvalue weighted by atomic mass is 16.1. The van der Waals surface area contributed by atoms with E-state index >= 15 is 0 Å². The van der Waals surface area contributed by atoms with Gasteiger partial charge in [0.25, 0.3) is 5.56 Å². The summed E-state index contributed by atoms with van der Waals surface area (Å²) >= 11 is 0. The van der Waals surface area contributed by atoms with Crippen molar-refractivity contribution in [2.75, 3.05) is 0 Å². The van der Waals surface area contributed by atoms with E-state index in [0.29, 0.717) is 16.5 Å². The minimum absolute atomic E-state index is 0.142. The molecule has 20 heavy (non-hydrogen) atoms. The first kappa shape index (κ1) is 12.1. The van der Waals surface area contributed by atoms with Crippen LogP contribution in [0.1, 0.15) is 0 Å². The van der Waals surface area contributed by atoms with Crippen LogP contribution in [0.2, 0.25) is 0 Å². The molecule has 0 aliphatic rings. The largest absolute Gasteiger partial charge is 0.282 e. The van der Waals surface area contributed by atoms with Crippen LogP contribution in [0.15, 0.2) is 70.6 Å². The van der Waals surface area contributed by atoms with E-state index in [0.717, 1.165) is 5.69 Å². The Morgan fingerprint density at radius 3 is 2.25 bits per heavy atom. The molecule has 0 spiro atoms. The van der Waals surface area contributed by atoms with Crippen molar-refractivity contribution < 1.29 is 4.79 Å². The van der Waals surface area contributed by atoms with Gasteiger partial charge in [0.05, 0.1) is 0 Å². The third-order valence-electron chi connectivity index (χ3n) is 3.10. The molecule has 0 fully saturated rings. The van der Waals surface area contributed by atoms with Gasteiger partial charge in [0.15, 0.2) is 0 Å². The number of hydrogen-bond acceptors (Lipinski definition) is 3. The van der Waals surface area contributed by atoms with Gasteiger partial charge in [-0.1, -0.05) is 36.4 Å². The normalized spacial score (nSPS) is 10.2. The summed E-state index contributed by atoms with van der Waals surface area (Å²) in [5.41, 5.74) is 1.02. The smallest absolute Gasteiger partial charge is 0.263 e. The van der Waals surface area contributed by atoms with E-state index in [1.165, 1.54) is 10.6 Å². The fourth-order valence-corrected chi connectivity index (χ4v) is 2.19. The number of benzene rings is 2. The van der Waals surface area contributed by atoms with Crippen LogP contribution < -0.4 is 5.56 Å². The molecule has 0 aliphatic heterocycles. The number of hydrogen-bond donors (Lipinski definition) is 0. The number of rotatable bonds is 2. The van der Waals surface area contributed by atoms with Crippen molar-refractivity contribution in [3.8, 4) is 5.69 Å². The number of para-hydroxylation sites is 1. The topological polar surface area (TPSA) is 51.4 Å². The summed E-state index contributed by atoms with van der Waals surface area (Å²) in [6, 6.07) is 16.3. The number of nitrogens with zero attached hydrogens (tertiary/aromatic N) is 2. The molecule has 1 heterocycles. The maximum absolute atomic E-state index is 12.5. The van der Waals surface area contributed by atoms with Crippen LogP contribution in [0.4, 0.5) is 5.69 Å². The first-order chi connectivity index (χ1) is 9.81. The zero-order chi connectivity index (χ0) is 13.9. The van der Waals surface area contributed by atoms with Crippen LogP contribution in [0, 0.1) is 0 Å². The highest BCUT2D eigenvalue weighted by Gasteiger charge is 2.08. The van der Waals surface area contributed by atoms with E-state index in [4.69, 9.17) is 0 Å². The van der Waals surface area contributed by atoms with E-state index in [1.54, 1.807) is 30.5 Å². The summed E-state index contributed by atoms with van der Waals surface area (Å²) in [7, 11) is 0. The van der Waals surface area contributed by atoms with Crippen LogP contribution in [0.25, 0.3) is 16.5 Å². The van der Waals surface area contributed by atoms with Gasteiger partial charge >= 0.3 is 0 Å². The van der Waals surface area contributed by atoms with E-state index in [1.807, 2.05) is 30.3 Å². The molecule has 0 bridgehead atoms. The molecule has 0 N–H and O–H groups in total. The molecule has 4 nitrogen and oxygen atoms in total. The van der Waals surface area contributed by atoms with E-state index in [9.17, 15) is 9.59 Å². The molecule has 0 aliphatic carbocycles. The number of aromatic nitrogens is 1. The monoisotopic (exact) mass is 262 g/mol. The van der Waals surface area contributed by atoms with Gasteiger partial charge in [0.1, 0.15) is 5.69 Å². The van der Waals surface area contributed by atoms with E-state index in [-0.39, 0.29) is 5.56 Å². The first-order valence-electron chi connectivity index (χ1n) is 6.09. The van der Waals surface area contributed by atoms with Crippen molar-refractivity contribution in [2.45, 2.75) is 0 Å². The molecule has 0 unspecified atom stereocenters. The van der Waals surface area contributed by atoms with Crippen LogP contribution in [-0.2, 0) is 4.79 Å². The molecule has 1 aromatic heterocycles. The zero-order valence-electron chi connectivity index (χ0n) is 10.5. The van der Waals surface area contributed by atoms with Crippen molar-refractivity contribution in [1.29, 1.82) is 0 Å². The summed E-state index contributed by atoms with van der Waals surface area (Å²) < 4.78 is 1.48. The lowest BCUT2D eigenvalue weighted by Gasteiger charge is -2.09. The standard InChI is InChI=1S/C16H10N2O2/c19-11-17-15-10-18(12-6-2-1-3-7-12)16(20)14-9-5-4-8-13(14)15/h1-10H. The number of aliphatic imine (C=N–C) groups is 1. The van der Waals surface area contributed by atoms with Gasteiger partial charge in [-0.25, -0.2) is 4.79 Å². The quantitative estimate of drug-likeness (QED) is 0.526. The molecular formula is C16H10N2O2. The van der Waals surface area contributed by atoms with Crippen LogP contribution >= 0.6 is 0 Å². The number of pyridine rings is 1. The lowest BCUT2D eigenvalue weighted by molar-refractivity contribution is 0.565. The lowest BCUT2D eigenvalue weighted by atomic mass is 10.1. The molecule has 0 amide bonds. The lowest BCUT2D eigenvalue weighted by Crippen LogP contribution is -2.17. The Bertz CT molecular complexity index is 876. The predicted octanol–water partition coefficient (Wildman–Crippen LogP) is 2.96. The van der Waals surface area contributed by atoms with Gasteiger partial charge in [-0.05, 0) is 18.2 Å². The molecule has 4 heteroatoms. The van der Waals surface area contributed by atoms with Crippen molar-refractivity contribution in [2.24, 2.45) is 4.99 Å². The average Bonchev–Trinajstić information content (AvgIpc) is 2.51. The van der Waals surface area contributed by atoms with Crippen molar-refractivity contribution in [1.82, 2.24) is 4.57 Å². The number of fused-ring (bicyclic) bond motifs is 1. The fraction of sp³-hybridized carbons (Fsp3) is 0. The Morgan fingerprint density at radius 2 is 1.55 bits per heavy atom. The van der Waals surface area contributed by atoms with Gasteiger partial charge < -0.3 is 0 Å². The Hall–Kier alpha value is -2.97. The number of carbonyl (C=O) groups excluding carboxylic acids is 1. The maximum atomic E-state index is 12.5. The Morgan fingerprint density at radius 1 is 0.900 bits per heavy atom. The maximum Gasteiger partial charge on any atom is 0.263 e. The minimum atomic E-state index is -0.142. The molecule has 0 atom stereocenters. The van der Waals surface area contributed by atoms with Gasteiger partial charge in [-0.3, -0.25) is 9.36 Å². The van der Waals surface area contributed by atoms with E-state index < -0.39 is 0 Å². The molecule has 3 aromatic rings. The third kappa shape index (κ3) is 1.94. The highest BCUT2D eigenvalue weighted by Crippen LogP contribution is 2.23. The third-order valence-corrected chi connectivity index (χ3v) is 3.10. The Kier molecular flexibility index (Phi) is 2.99. The molecule has 0 saturated carbocycles. The Labute approximate surface area is 114 Å². The summed E-state index contributed by atoms with van der Waals surface area (Å²) in [5, 5.41) is 1.17. The number of isocyanates is 1. The predicted molar refractivity (Wildman–Crippen MR) is 77.3 cm³/mol. The minimum Gasteiger partial charge on any atom is -0.282 e. The molecule has 3 rings (SSSR count). The van der Waals surface area contributed by atoms with E-state index in [2.05, 4.69) is 4.99 Å². The first-order valence-corrected chi connectivity index (χ1v) is 6.09. The summed E-state index contributed by atoms with van der Waals surface area (Å²) in [4.78, 5) is 26.8. The molecule has 2 aromatic carbocycles. The van der Waals surface area contributed by atoms with Crippen LogP contribution in [-0.4, -0.2) is 10.6 Å². The van der Waals surface area contributed by atoms with Gasteiger partial charge in [0, 0.05) is 22.7 Å². The van der Waals surface area contributed by atoms with Gasteiger partial charge in [-0.2, -0.15) is 4.99 Å². The molecule has 96 valence electrons. The van der Waals surface area contributed by atoms with Crippen LogP contribution in [0.3, 0.4) is 0 Å². The Balaban J connectivity index is 2.43. The highest BCUT2D eigenvalue weighted by molar-refractivity contribution is 5.92. The van der Waals surface area contributed by atoms with Crippen molar-refractivity contribution >= 4 is 22.5 Å². The second kappa shape index (κ2) is 4.96. The van der Waals surface area contributed by atoms with Crippen LogP contribution in [0.5, 0.6) is 0 Å². The molecule has 0 radical (unpaired) electrons. The zero-order valence-corrected chi connectivity index (χ0v) is 10.5. The SMILES string of the molecule is O=C=Nc1cn(-c2ccccc2)c(=O)c2ccccc12. The molecule has 0 saturated heterocycles. The van der Waals surface area contributed by atoms with Gasteiger partial charge in [0.2, 0.25) is 6.08 Å². The van der Waals surface area contributed by atoms with Crippen molar-refractivity contribution in [3.63, 3.8) is 0 Å².